The predicted molar refractivity (Wildman–Crippen MR) is 62.4 cm³/mol. The van der Waals surface area contributed by atoms with E-state index in [1.54, 1.807) is 11.3 Å². The van der Waals surface area contributed by atoms with Gasteiger partial charge in [0, 0.05) is 23.9 Å². The second kappa shape index (κ2) is 6.58. The Morgan fingerprint density at radius 2 is 2.47 bits per heavy atom. The Bertz CT molecular complexity index is 285. The molecule has 15 heavy (non-hydrogen) atoms. The van der Waals surface area contributed by atoms with Gasteiger partial charge in [0.2, 0.25) is 0 Å². The van der Waals surface area contributed by atoms with Crippen molar-refractivity contribution < 1.29 is 9.90 Å². The summed E-state index contributed by atoms with van der Waals surface area (Å²) in [5.41, 5.74) is 0. The van der Waals surface area contributed by atoms with Gasteiger partial charge in [-0.05, 0) is 31.2 Å². The third-order valence-corrected chi connectivity index (χ3v) is 3.17. The molecule has 84 valence electrons. The fraction of sp³-hybridized carbons (Fsp3) is 0.545. The summed E-state index contributed by atoms with van der Waals surface area (Å²) in [6.07, 6.45) is 1.96. The maximum absolute atomic E-state index is 10.3. The summed E-state index contributed by atoms with van der Waals surface area (Å²) in [6.45, 7) is 2.94. The van der Waals surface area contributed by atoms with Gasteiger partial charge in [-0.15, -0.1) is 11.3 Å². The number of carboxylic acids is 1. The summed E-state index contributed by atoms with van der Waals surface area (Å²) < 4.78 is 0. The number of hydrogen-bond acceptors (Lipinski definition) is 3. The molecule has 0 aliphatic rings. The lowest BCUT2D eigenvalue weighted by atomic mass is 10.2. The van der Waals surface area contributed by atoms with E-state index < -0.39 is 5.97 Å². The van der Waals surface area contributed by atoms with Crippen molar-refractivity contribution >= 4 is 17.3 Å². The number of aliphatic carboxylic acids is 1. The smallest absolute Gasteiger partial charge is 0.303 e. The molecule has 0 bridgehead atoms. The van der Waals surface area contributed by atoms with Crippen molar-refractivity contribution in [3.8, 4) is 0 Å². The number of nitrogens with one attached hydrogen (secondary N) is 1. The molecule has 3 nitrogen and oxygen atoms in total. The summed E-state index contributed by atoms with van der Waals surface area (Å²) in [6, 6.07) is 4.45. The Balaban J connectivity index is 2.06. The molecule has 2 N–H and O–H groups in total. The summed E-state index contributed by atoms with van der Waals surface area (Å²) >= 11 is 1.76. The first kappa shape index (κ1) is 12.2. The second-order valence-corrected chi connectivity index (χ2v) is 4.65. The number of carboxylic acid groups (broad SMARTS) is 1. The molecule has 0 fully saturated rings. The average Bonchev–Trinajstić information content (AvgIpc) is 2.67. The van der Waals surface area contributed by atoms with Crippen LogP contribution in [0.5, 0.6) is 0 Å². The Morgan fingerprint density at radius 1 is 1.67 bits per heavy atom. The van der Waals surface area contributed by atoms with Gasteiger partial charge in [-0.1, -0.05) is 6.07 Å². The van der Waals surface area contributed by atoms with Crippen LogP contribution in [0.2, 0.25) is 0 Å². The van der Waals surface area contributed by atoms with Crippen LogP contribution in [0.1, 0.15) is 24.6 Å². The zero-order valence-corrected chi connectivity index (χ0v) is 9.72. The lowest BCUT2D eigenvalue weighted by molar-refractivity contribution is -0.137. The van der Waals surface area contributed by atoms with Gasteiger partial charge in [0.25, 0.3) is 0 Å². The zero-order chi connectivity index (χ0) is 11.1. The van der Waals surface area contributed by atoms with Gasteiger partial charge in [0.1, 0.15) is 0 Å². The maximum Gasteiger partial charge on any atom is 0.303 e. The van der Waals surface area contributed by atoms with E-state index in [9.17, 15) is 4.79 Å². The van der Waals surface area contributed by atoms with Crippen LogP contribution < -0.4 is 5.32 Å². The van der Waals surface area contributed by atoms with Crippen LogP contribution >= 0.6 is 11.3 Å². The molecule has 1 atom stereocenters. The highest BCUT2D eigenvalue weighted by molar-refractivity contribution is 7.09. The first-order chi connectivity index (χ1) is 7.18. The van der Waals surface area contributed by atoms with Gasteiger partial charge in [-0.2, -0.15) is 0 Å². The second-order valence-electron chi connectivity index (χ2n) is 3.62. The lowest BCUT2D eigenvalue weighted by Crippen LogP contribution is -2.28. The van der Waals surface area contributed by atoms with Crippen molar-refractivity contribution in [2.24, 2.45) is 0 Å². The topological polar surface area (TPSA) is 49.3 Å². The normalized spacial score (nSPS) is 12.6. The van der Waals surface area contributed by atoms with E-state index in [-0.39, 0.29) is 12.5 Å². The summed E-state index contributed by atoms with van der Waals surface area (Å²) in [7, 11) is 0. The Morgan fingerprint density at radius 3 is 3.07 bits per heavy atom. The number of carbonyl (C=O) groups is 1. The molecule has 1 heterocycles. The van der Waals surface area contributed by atoms with Crippen LogP contribution in [-0.2, 0) is 11.2 Å². The minimum absolute atomic E-state index is 0.243. The van der Waals surface area contributed by atoms with Crippen LogP contribution in [-0.4, -0.2) is 23.7 Å². The minimum Gasteiger partial charge on any atom is -0.481 e. The van der Waals surface area contributed by atoms with Crippen molar-refractivity contribution in [3.05, 3.63) is 22.4 Å². The van der Waals surface area contributed by atoms with E-state index in [0.29, 0.717) is 6.42 Å². The summed E-state index contributed by atoms with van der Waals surface area (Å²) in [4.78, 5) is 11.7. The third kappa shape index (κ3) is 5.54. The molecule has 1 aromatic heterocycles. The van der Waals surface area contributed by atoms with E-state index in [1.165, 1.54) is 4.88 Å². The Kier molecular flexibility index (Phi) is 5.36. The Hall–Kier alpha value is -0.870. The molecule has 0 aliphatic carbocycles. The van der Waals surface area contributed by atoms with Gasteiger partial charge in [-0.25, -0.2) is 0 Å². The number of rotatable bonds is 7. The molecular weight excluding hydrogens is 210 g/mol. The number of thiophene rings is 1. The molecule has 0 aromatic carbocycles. The van der Waals surface area contributed by atoms with Crippen LogP contribution in [0.15, 0.2) is 17.5 Å². The van der Waals surface area contributed by atoms with Crippen molar-refractivity contribution in [3.63, 3.8) is 0 Å². The first-order valence-electron chi connectivity index (χ1n) is 5.16. The van der Waals surface area contributed by atoms with Gasteiger partial charge < -0.3 is 10.4 Å². The van der Waals surface area contributed by atoms with Gasteiger partial charge in [0.05, 0.1) is 0 Å². The standard InChI is InChI=1S/C11H17NO2S/c1-9(4-5-11(13)14)12-7-6-10-3-2-8-15-10/h2-3,8-9,12H,4-7H2,1H3,(H,13,14). The van der Waals surface area contributed by atoms with Crippen molar-refractivity contribution in [2.45, 2.75) is 32.2 Å². The molecule has 0 saturated carbocycles. The van der Waals surface area contributed by atoms with E-state index in [1.807, 2.05) is 13.0 Å². The molecule has 0 amide bonds. The van der Waals surface area contributed by atoms with Gasteiger partial charge in [0.15, 0.2) is 0 Å². The lowest BCUT2D eigenvalue weighted by Gasteiger charge is -2.11. The molecule has 0 saturated heterocycles. The fourth-order valence-corrected chi connectivity index (χ4v) is 2.05. The van der Waals surface area contributed by atoms with Crippen LogP contribution in [0.3, 0.4) is 0 Å². The molecule has 1 aromatic rings. The highest BCUT2D eigenvalue weighted by atomic mass is 32.1. The van der Waals surface area contributed by atoms with Crippen LogP contribution in [0.25, 0.3) is 0 Å². The fourth-order valence-electron chi connectivity index (χ4n) is 1.34. The number of hydrogen-bond donors (Lipinski definition) is 2. The molecule has 0 aliphatic heterocycles. The van der Waals surface area contributed by atoms with Crippen molar-refractivity contribution in [2.75, 3.05) is 6.54 Å². The van der Waals surface area contributed by atoms with Crippen molar-refractivity contribution in [1.82, 2.24) is 5.32 Å². The Labute approximate surface area is 94.1 Å². The molecule has 1 unspecified atom stereocenters. The van der Waals surface area contributed by atoms with E-state index in [2.05, 4.69) is 16.8 Å². The highest BCUT2D eigenvalue weighted by Gasteiger charge is 2.04. The van der Waals surface area contributed by atoms with Crippen molar-refractivity contribution in [1.29, 1.82) is 0 Å². The quantitative estimate of drug-likeness (QED) is 0.750. The monoisotopic (exact) mass is 227 g/mol. The summed E-state index contributed by atoms with van der Waals surface area (Å²) in [5, 5.41) is 13.9. The molecule has 4 heteroatoms. The maximum atomic E-state index is 10.3. The predicted octanol–water partition coefficient (Wildman–Crippen LogP) is 2.13. The van der Waals surface area contributed by atoms with E-state index in [0.717, 1.165) is 13.0 Å². The van der Waals surface area contributed by atoms with Crippen LogP contribution in [0, 0.1) is 0 Å². The van der Waals surface area contributed by atoms with E-state index >= 15 is 0 Å². The summed E-state index contributed by atoms with van der Waals surface area (Å²) in [5.74, 6) is -0.720. The van der Waals surface area contributed by atoms with E-state index in [4.69, 9.17) is 5.11 Å². The zero-order valence-electron chi connectivity index (χ0n) is 8.90. The van der Waals surface area contributed by atoms with Gasteiger partial charge in [-0.3, -0.25) is 4.79 Å². The average molecular weight is 227 g/mol. The highest BCUT2D eigenvalue weighted by Crippen LogP contribution is 2.08. The molecular formula is C11H17NO2S. The van der Waals surface area contributed by atoms with Gasteiger partial charge >= 0.3 is 5.97 Å². The first-order valence-corrected chi connectivity index (χ1v) is 6.04. The molecule has 0 spiro atoms. The molecule has 1 rings (SSSR count). The third-order valence-electron chi connectivity index (χ3n) is 2.24. The van der Waals surface area contributed by atoms with Crippen LogP contribution in [0.4, 0.5) is 0 Å². The SMILES string of the molecule is CC(CCC(=O)O)NCCc1cccs1. The minimum atomic E-state index is -0.720. The largest absolute Gasteiger partial charge is 0.481 e. The molecule has 0 radical (unpaired) electrons.